The number of carbonyl (C=O) groups is 5. The van der Waals surface area contributed by atoms with Gasteiger partial charge < -0.3 is 10.2 Å². The first kappa shape index (κ1) is 27.3. The average molecular weight is 501 g/mol. The lowest BCUT2D eigenvalue weighted by molar-refractivity contribution is -0.168. The molecule has 1 heterocycles. The van der Waals surface area contributed by atoms with E-state index in [1.54, 1.807) is 45.0 Å². The summed E-state index contributed by atoms with van der Waals surface area (Å²) in [4.78, 5) is 67.4. The maximum atomic E-state index is 13.5. The monoisotopic (exact) mass is 500 g/mol. The van der Waals surface area contributed by atoms with Crippen LogP contribution in [0, 0.1) is 11.3 Å². The zero-order valence-corrected chi connectivity index (χ0v) is 21.6. The summed E-state index contributed by atoms with van der Waals surface area (Å²) in [5.41, 5.74) is -0.258. The lowest BCUT2D eigenvalue weighted by Gasteiger charge is -2.40. The Morgan fingerprint density at radius 2 is 1.56 bits per heavy atom. The molecular weight excluding hydrogens is 464 g/mol. The molecule has 5 amide bonds. The number of carbonyl (C=O) groups excluding carboxylic acids is 5. The molecule has 0 aromatic heterocycles. The van der Waals surface area contributed by atoms with Gasteiger partial charge in [-0.25, -0.2) is 5.06 Å². The van der Waals surface area contributed by atoms with Crippen molar-refractivity contribution in [1.82, 2.24) is 20.2 Å². The summed E-state index contributed by atoms with van der Waals surface area (Å²) in [6.45, 7) is 8.80. The number of hydrogen-bond acceptors (Lipinski definition) is 6. The second kappa shape index (κ2) is 10.8. The minimum atomic E-state index is -0.995. The van der Waals surface area contributed by atoms with Gasteiger partial charge in [-0.15, -0.1) is 0 Å². The minimum Gasteiger partial charge on any atom is -0.352 e. The van der Waals surface area contributed by atoms with E-state index in [4.69, 9.17) is 0 Å². The summed E-state index contributed by atoms with van der Waals surface area (Å²) in [5, 5.41) is 13.5. The molecule has 10 nitrogen and oxygen atoms in total. The standard InChI is InChI=1S/C26H36N4O6/c1-16(2)14-30(36)21(32)13-12-20(31)28(22(26(3,4)5)23(33)27-17-10-11-17)15-29-24(34)18-8-6-7-9-19(18)25(29)35/h6-9,16-17,22,36H,10-15H2,1-5H3,(H,27,33)/t22-/m1/s1. The van der Waals surface area contributed by atoms with Crippen molar-refractivity contribution in [2.45, 2.75) is 72.4 Å². The second-order valence-corrected chi connectivity index (χ2v) is 11.0. The summed E-state index contributed by atoms with van der Waals surface area (Å²) in [7, 11) is 0. The molecule has 1 aromatic carbocycles. The summed E-state index contributed by atoms with van der Waals surface area (Å²) >= 11 is 0. The molecule has 1 saturated carbocycles. The zero-order valence-electron chi connectivity index (χ0n) is 21.6. The molecule has 0 radical (unpaired) electrons. The first-order chi connectivity index (χ1) is 16.8. The van der Waals surface area contributed by atoms with Crippen LogP contribution in [0.25, 0.3) is 0 Å². The van der Waals surface area contributed by atoms with Crippen LogP contribution in [0.15, 0.2) is 24.3 Å². The van der Waals surface area contributed by atoms with Crippen LogP contribution < -0.4 is 5.32 Å². The van der Waals surface area contributed by atoms with Crippen LogP contribution in [0.3, 0.4) is 0 Å². The summed E-state index contributed by atoms with van der Waals surface area (Å²) in [6, 6.07) is 5.45. The summed E-state index contributed by atoms with van der Waals surface area (Å²) < 4.78 is 0. The second-order valence-electron chi connectivity index (χ2n) is 11.0. The fourth-order valence-corrected chi connectivity index (χ4v) is 4.27. The Labute approximate surface area is 211 Å². The molecule has 2 aliphatic rings. The largest absolute Gasteiger partial charge is 0.352 e. The van der Waals surface area contributed by atoms with Crippen LogP contribution in [0.2, 0.25) is 0 Å². The van der Waals surface area contributed by atoms with Gasteiger partial charge in [0.05, 0.1) is 17.7 Å². The number of amides is 5. The Balaban J connectivity index is 1.86. The molecule has 36 heavy (non-hydrogen) atoms. The average Bonchev–Trinajstić information content (AvgIpc) is 3.57. The molecule has 0 bridgehead atoms. The molecule has 1 aromatic rings. The zero-order chi connectivity index (χ0) is 26.8. The predicted octanol–water partition coefficient (Wildman–Crippen LogP) is 2.42. The predicted molar refractivity (Wildman–Crippen MR) is 131 cm³/mol. The van der Waals surface area contributed by atoms with Crippen LogP contribution in [-0.4, -0.2) is 74.9 Å². The van der Waals surface area contributed by atoms with Gasteiger partial charge in [0.1, 0.15) is 12.7 Å². The highest BCUT2D eigenvalue weighted by Crippen LogP contribution is 2.30. The Bertz CT molecular complexity index is 1010. The van der Waals surface area contributed by atoms with Gasteiger partial charge in [-0.3, -0.25) is 34.1 Å². The highest BCUT2D eigenvalue weighted by molar-refractivity contribution is 6.21. The normalized spacial score (nSPS) is 16.1. The number of rotatable bonds is 10. The molecule has 1 aliphatic carbocycles. The van der Waals surface area contributed by atoms with Crippen LogP contribution in [-0.2, 0) is 14.4 Å². The van der Waals surface area contributed by atoms with Gasteiger partial charge in [0, 0.05) is 18.9 Å². The highest BCUT2D eigenvalue weighted by atomic mass is 16.5. The first-order valence-corrected chi connectivity index (χ1v) is 12.4. The number of benzene rings is 1. The topological polar surface area (TPSA) is 127 Å². The highest BCUT2D eigenvalue weighted by Gasteiger charge is 2.44. The van der Waals surface area contributed by atoms with E-state index in [1.807, 2.05) is 13.8 Å². The fourth-order valence-electron chi connectivity index (χ4n) is 4.27. The van der Waals surface area contributed by atoms with Crippen LogP contribution >= 0.6 is 0 Å². The van der Waals surface area contributed by atoms with Gasteiger partial charge in [0.15, 0.2) is 0 Å². The van der Waals surface area contributed by atoms with Gasteiger partial charge in [-0.1, -0.05) is 46.8 Å². The van der Waals surface area contributed by atoms with E-state index in [-0.39, 0.29) is 48.4 Å². The number of fused-ring (bicyclic) bond motifs is 1. The van der Waals surface area contributed by atoms with Crippen molar-refractivity contribution in [3.8, 4) is 0 Å². The quantitative estimate of drug-likeness (QED) is 0.289. The van der Waals surface area contributed by atoms with Gasteiger partial charge in [-0.2, -0.15) is 0 Å². The Kier molecular flexibility index (Phi) is 8.18. The third-order valence-electron chi connectivity index (χ3n) is 6.18. The molecule has 0 unspecified atom stereocenters. The van der Waals surface area contributed by atoms with E-state index in [2.05, 4.69) is 5.32 Å². The van der Waals surface area contributed by atoms with Crippen molar-refractivity contribution >= 4 is 29.5 Å². The molecule has 196 valence electrons. The van der Waals surface area contributed by atoms with E-state index in [1.165, 1.54) is 4.90 Å². The number of hydrogen-bond donors (Lipinski definition) is 2. The lowest BCUT2D eigenvalue weighted by Crippen LogP contribution is -2.59. The van der Waals surface area contributed by atoms with E-state index in [9.17, 15) is 29.2 Å². The molecule has 1 atom stereocenters. The summed E-state index contributed by atoms with van der Waals surface area (Å²) in [5.74, 6) is -2.60. The Morgan fingerprint density at radius 3 is 2.03 bits per heavy atom. The Hall–Kier alpha value is -3.27. The fraction of sp³-hybridized carbons (Fsp3) is 0.577. The van der Waals surface area contributed by atoms with Crippen molar-refractivity contribution in [2.24, 2.45) is 11.3 Å². The van der Waals surface area contributed by atoms with E-state index in [0.29, 0.717) is 5.06 Å². The lowest BCUT2D eigenvalue weighted by atomic mass is 9.84. The maximum absolute atomic E-state index is 13.5. The SMILES string of the molecule is CC(C)CN(O)C(=O)CCC(=O)N(CN1C(=O)c2ccccc2C1=O)[C@H](C(=O)NC1CC1)C(C)(C)C. The van der Waals surface area contributed by atoms with Crippen LogP contribution in [0.5, 0.6) is 0 Å². The molecule has 0 spiro atoms. The van der Waals surface area contributed by atoms with Gasteiger partial charge in [0.25, 0.3) is 11.8 Å². The van der Waals surface area contributed by atoms with Gasteiger partial charge in [-0.05, 0) is 36.3 Å². The van der Waals surface area contributed by atoms with E-state index in [0.717, 1.165) is 17.7 Å². The summed E-state index contributed by atoms with van der Waals surface area (Å²) in [6.07, 6.45) is 1.14. The molecular formula is C26H36N4O6. The van der Waals surface area contributed by atoms with Crippen molar-refractivity contribution < 1.29 is 29.2 Å². The van der Waals surface area contributed by atoms with Crippen molar-refractivity contribution in [3.05, 3.63) is 35.4 Å². The first-order valence-electron chi connectivity index (χ1n) is 12.4. The molecule has 0 saturated heterocycles. The van der Waals surface area contributed by atoms with E-state index < -0.39 is 41.8 Å². The molecule has 1 aliphatic heterocycles. The maximum Gasteiger partial charge on any atom is 0.263 e. The number of nitrogens with one attached hydrogen (secondary N) is 1. The van der Waals surface area contributed by atoms with Gasteiger partial charge >= 0.3 is 0 Å². The molecule has 3 rings (SSSR count). The third kappa shape index (κ3) is 6.29. The van der Waals surface area contributed by atoms with Crippen molar-refractivity contribution in [2.75, 3.05) is 13.2 Å². The number of imide groups is 1. The Morgan fingerprint density at radius 1 is 1.03 bits per heavy atom. The van der Waals surface area contributed by atoms with Crippen LogP contribution in [0.1, 0.15) is 81.0 Å². The van der Waals surface area contributed by atoms with Gasteiger partial charge in [0.2, 0.25) is 17.7 Å². The van der Waals surface area contributed by atoms with Crippen molar-refractivity contribution in [3.63, 3.8) is 0 Å². The molecule has 1 fully saturated rings. The van der Waals surface area contributed by atoms with E-state index >= 15 is 0 Å². The molecule has 2 N–H and O–H groups in total. The smallest absolute Gasteiger partial charge is 0.263 e. The number of hydroxylamine groups is 2. The van der Waals surface area contributed by atoms with Crippen LogP contribution in [0.4, 0.5) is 0 Å². The van der Waals surface area contributed by atoms with Crippen molar-refractivity contribution in [1.29, 1.82) is 0 Å². The molecule has 10 heteroatoms. The third-order valence-corrected chi connectivity index (χ3v) is 6.18. The number of nitrogens with zero attached hydrogens (tertiary/aromatic N) is 3. The minimum absolute atomic E-state index is 0.0383.